The fourth-order valence-corrected chi connectivity index (χ4v) is 4.15. The van der Waals surface area contributed by atoms with Crippen LogP contribution in [-0.4, -0.2) is 26.4 Å². The van der Waals surface area contributed by atoms with Gasteiger partial charge >= 0.3 is 0 Å². The van der Waals surface area contributed by atoms with Gasteiger partial charge in [0.15, 0.2) is 11.0 Å². The number of ether oxygens (including phenoxy) is 1. The maximum absolute atomic E-state index is 12.5. The molecule has 1 amide bonds. The van der Waals surface area contributed by atoms with Crippen LogP contribution in [0.4, 0.5) is 5.69 Å². The van der Waals surface area contributed by atoms with Crippen molar-refractivity contribution in [3.63, 3.8) is 0 Å². The fourth-order valence-electron chi connectivity index (χ4n) is 3.09. The number of carbonyl (C=O) groups excluding carboxylic acids is 1. The molecule has 3 aromatic rings. The van der Waals surface area contributed by atoms with Gasteiger partial charge in [-0.3, -0.25) is 4.79 Å². The van der Waals surface area contributed by atoms with Crippen LogP contribution in [0.1, 0.15) is 42.4 Å². The Morgan fingerprint density at radius 2 is 1.97 bits per heavy atom. The van der Waals surface area contributed by atoms with Crippen LogP contribution < -0.4 is 10.1 Å². The van der Waals surface area contributed by atoms with E-state index in [1.807, 2.05) is 49.6 Å². The Morgan fingerprint density at radius 1 is 1.19 bits per heavy atom. The standard InChI is InChI=1S/C23H27ClN4O2S/c1-14(2)28-21(12-30-20-11-15(3)9-10-16(20)4)26-27-23(28)31-13-22(29)25-19-8-6-7-18(24)17(19)5/h6-11,14H,12-13H2,1-5H3,(H,25,29). The summed E-state index contributed by atoms with van der Waals surface area (Å²) in [5.74, 6) is 1.66. The molecule has 164 valence electrons. The first-order valence-electron chi connectivity index (χ1n) is 10.1. The van der Waals surface area contributed by atoms with Crippen LogP contribution in [0.25, 0.3) is 0 Å². The summed E-state index contributed by atoms with van der Waals surface area (Å²) < 4.78 is 8.02. The van der Waals surface area contributed by atoms with Gasteiger partial charge in [0.2, 0.25) is 5.91 Å². The summed E-state index contributed by atoms with van der Waals surface area (Å²) >= 11 is 7.48. The van der Waals surface area contributed by atoms with Crippen LogP contribution >= 0.6 is 23.4 Å². The number of rotatable bonds is 8. The Kier molecular flexibility index (Phi) is 7.62. The van der Waals surface area contributed by atoms with Gasteiger partial charge in [0.25, 0.3) is 0 Å². The molecular formula is C23H27ClN4O2S. The highest BCUT2D eigenvalue weighted by Crippen LogP contribution is 2.26. The van der Waals surface area contributed by atoms with Gasteiger partial charge in [-0.1, -0.05) is 41.6 Å². The number of aromatic nitrogens is 3. The Morgan fingerprint density at radius 3 is 2.71 bits per heavy atom. The summed E-state index contributed by atoms with van der Waals surface area (Å²) in [6.45, 7) is 10.4. The molecule has 0 atom stereocenters. The van der Waals surface area contributed by atoms with Crippen molar-refractivity contribution in [1.29, 1.82) is 0 Å². The van der Waals surface area contributed by atoms with Crippen molar-refractivity contribution in [2.75, 3.05) is 11.1 Å². The Bertz CT molecular complexity index is 1080. The molecule has 0 saturated carbocycles. The van der Waals surface area contributed by atoms with E-state index in [-0.39, 0.29) is 17.7 Å². The zero-order valence-electron chi connectivity index (χ0n) is 18.4. The second-order valence-corrected chi connectivity index (χ2v) is 9.02. The number of nitrogens with zero attached hydrogens (tertiary/aromatic N) is 3. The van der Waals surface area contributed by atoms with E-state index >= 15 is 0 Å². The highest BCUT2D eigenvalue weighted by molar-refractivity contribution is 7.99. The second-order valence-electron chi connectivity index (χ2n) is 7.67. The lowest BCUT2D eigenvalue weighted by Gasteiger charge is -2.15. The lowest BCUT2D eigenvalue weighted by Crippen LogP contribution is -2.16. The quantitative estimate of drug-likeness (QED) is 0.435. The van der Waals surface area contributed by atoms with Crippen molar-refractivity contribution in [1.82, 2.24) is 14.8 Å². The average Bonchev–Trinajstić information content (AvgIpc) is 3.14. The van der Waals surface area contributed by atoms with E-state index in [9.17, 15) is 4.79 Å². The summed E-state index contributed by atoms with van der Waals surface area (Å²) in [6, 6.07) is 11.7. The van der Waals surface area contributed by atoms with E-state index in [0.29, 0.717) is 22.5 Å². The smallest absolute Gasteiger partial charge is 0.234 e. The van der Waals surface area contributed by atoms with Crippen molar-refractivity contribution in [3.8, 4) is 5.75 Å². The molecular weight excluding hydrogens is 432 g/mol. The lowest BCUT2D eigenvalue weighted by molar-refractivity contribution is -0.113. The minimum Gasteiger partial charge on any atom is -0.485 e. The summed E-state index contributed by atoms with van der Waals surface area (Å²) in [6.07, 6.45) is 0. The Balaban J connectivity index is 1.66. The third-order valence-electron chi connectivity index (χ3n) is 4.83. The van der Waals surface area contributed by atoms with Crippen LogP contribution in [0.5, 0.6) is 5.75 Å². The monoisotopic (exact) mass is 458 g/mol. The van der Waals surface area contributed by atoms with E-state index < -0.39 is 0 Å². The first-order valence-corrected chi connectivity index (χ1v) is 11.4. The molecule has 0 fully saturated rings. The molecule has 6 nitrogen and oxygen atoms in total. The summed E-state index contributed by atoms with van der Waals surface area (Å²) in [5, 5.41) is 12.8. The number of anilines is 1. The fraction of sp³-hybridized carbons (Fsp3) is 0.348. The van der Waals surface area contributed by atoms with Crippen molar-refractivity contribution >= 4 is 35.0 Å². The first-order chi connectivity index (χ1) is 14.8. The summed E-state index contributed by atoms with van der Waals surface area (Å²) in [7, 11) is 0. The Hall–Kier alpha value is -2.51. The van der Waals surface area contributed by atoms with Gasteiger partial charge in [-0.15, -0.1) is 10.2 Å². The van der Waals surface area contributed by atoms with Crippen molar-refractivity contribution < 1.29 is 9.53 Å². The number of hydrogen-bond acceptors (Lipinski definition) is 5. The molecule has 0 saturated heterocycles. The van der Waals surface area contributed by atoms with Gasteiger partial charge in [-0.2, -0.15) is 0 Å². The molecule has 0 unspecified atom stereocenters. The highest BCUT2D eigenvalue weighted by Gasteiger charge is 2.18. The number of aryl methyl sites for hydroxylation is 2. The van der Waals surface area contributed by atoms with Gasteiger partial charge in [0, 0.05) is 16.8 Å². The molecule has 2 aromatic carbocycles. The van der Waals surface area contributed by atoms with Gasteiger partial charge in [0.05, 0.1) is 5.75 Å². The van der Waals surface area contributed by atoms with Crippen LogP contribution in [0.3, 0.4) is 0 Å². The molecule has 1 N–H and O–H groups in total. The van der Waals surface area contributed by atoms with Crippen LogP contribution in [-0.2, 0) is 11.4 Å². The van der Waals surface area contributed by atoms with E-state index in [1.165, 1.54) is 11.8 Å². The molecule has 8 heteroatoms. The normalized spacial score (nSPS) is 11.1. The molecule has 3 rings (SSSR count). The minimum atomic E-state index is -0.123. The van der Waals surface area contributed by atoms with E-state index in [0.717, 1.165) is 28.3 Å². The van der Waals surface area contributed by atoms with Crippen molar-refractivity contribution in [2.45, 2.75) is 52.4 Å². The van der Waals surface area contributed by atoms with Crippen LogP contribution in [0, 0.1) is 20.8 Å². The summed E-state index contributed by atoms with van der Waals surface area (Å²) in [4.78, 5) is 12.5. The number of halogens is 1. The molecule has 0 bridgehead atoms. The molecule has 0 radical (unpaired) electrons. The van der Waals surface area contributed by atoms with Gasteiger partial charge in [-0.05, 0) is 69.5 Å². The Labute approximate surface area is 192 Å². The first kappa shape index (κ1) is 23.2. The highest BCUT2D eigenvalue weighted by atomic mass is 35.5. The molecule has 0 spiro atoms. The summed E-state index contributed by atoms with van der Waals surface area (Å²) in [5.41, 5.74) is 3.77. The van der Waals surface area contributed by atoms with E-state index in [4.69, 9.17) is 16.3 Å². The zero-order valence-corrected chi connectivity index (χ0v) is 20.0. The van der Waals surface area contributed by atoms with Gasteiger partial charge in [0.1, 0.15) is 12.4 Å². The third-order valence-corrected chi connectivity index (χ3v) is 6.18. The third kappa shape index (κ3) is 5.80. The van der Waals surface area contributed by atoms with E-state index in [1.54, 1.807) is 6.07 Å². The maximum atomic E-state index is 12.5. The average molecular weight is 459 g/mol. The molecule has 1 heterocycles. The second kappa shape index (κ2) is 10.2. The molecule has 0 aliphatic rings. The minimum absolute atomic E-state index is 0.123. The predicted octanol–water partition coefficient (Wildman–Crippen LogP) is 5.75. The number of carbonyl (C=O) groups is 1. The van der Waals surface area contributed by atoms with E-state index in [2.05, 4.69) is 35.4 Å². The van der Waals surface area contributed by atoms with Gasteiger partial charge in [-0.25, -0.2) is 0 Å². The van der Waals surface area contributed by atoms with Crippen molar-refractivity contribution in [3.05, 3.63) is 63.9 Å². The predicted molar refractivity (Wildman–Crippen MR) is 126 cm³/mol. The van der Waals surface area contributed by atoms with Crippen molar-refractivity contribution in [2.24, 2.45) is 0 Å². The molecule has 0 aliphatic carbocycles. The topological polar surface area (TPSA) is 69.0 Å². The molecule has 0 aliphatic heterocycles. The number of benzene rings is 2. The maximum Gasteiger partial charge on any atom is 0.234 e. The lowest BCUT2D eigenvalue weighted by atomic mass is 10.1. The van der Waals surface area contributed by atoms with Gasteiger partial charge < -0.3 is 14.6 Å². The number of hydrogen-bond donors (Lipinski definition) is 1. The zero-order chi connectivity index (χ0) is 22.5. The SMILES string of the molecule is Cc1ccc(C)c(OCc2nnc(SCC(=O)Nc3cccc(Cl)c3C)n2C(C)C)c1. The molecule has 1 aromatic heterocycles. The number of amides is 1. The number of thioether (sulfide) groups is 1. The van der Waals surface area contributed by atoms with Crippen LogP contribution in [0.15, 0.2) is 41.6 Å². The molecule has 31 heavy (non-hydrogen) atoms. The largest absolute Gasteiger partial charge is 0.485 e. The number of nitrogens with one attached hydrogen (secondary N) is 1. The van der Waals surface area contributed by atoms with Crippen LogP contribution in [0.2, 0.25) is 5.02 Å².